The number of furan rings is 1. The fraction of sp³-hybridized carbons (Fsp3) is 0.400. The molecule has 0 saturated heterocycles. The minimum Gasteiger partial charge on any atom is -0.455 e. The van der Waals surface area contributed by atoms with Crippen molar-refractivity contribution in [1.82, 2.24) is 4.98 Å². The molecule has 1 aliphatic rings. The van der Waals surface area contributed by atoms with Gasteiger partial charge in [0.2, 0.25) is 0 Å². The standard InChI is InChI=1S/C35H39NO/c1-20-10-11-23-19-36-30-24-14-12-21(17-33(2,3)4)31-27(24)28-26(35(8,9)29(30)25(23)16-20)15-13-22(32(28)37-31)18-34(5,6)7/h10-16,19H,17-18H2,1-9H3. The third kappa shape index (κ3) is 3.79. The van der Waals surface area contributed by atoms with E-state index in [-0.39, 0.29) is 16.2 Å². The minimum absolute atomic E-state index is 0.161. The molecule has 0 radical (unpaired) electrons. The van der Waals surface area contributed by atoms with Crippen LogP contribution < -0.4 is 0 Å². The molecular formula is C35H39NO. The second-order valence-electron chi connectivity index (χ2n) is 14.2. The van der Waals surface area contributed by atoms with Crippen LogP contribution in [0, 0.1) is 17.8 Å². The lowest BCUT2D eigenvalue weighted by Crippen LogP contribution is -2.21. The fourth-order valence-electron chi connectivity index (χ4n) is 6.52. The van der Waals surface area contributed by atoms with Crippen LogP contribution in [-0.4, -0.2) is 4.98 Å². The van der Waals surface area contributed by atoms with Crippen LogP contribution >= 0.6 is 0 Å². The van der Waals surface area contributed by atoms with Gasteiger partial charge in [-0.3, -0.25) is 4.98 Å². The van der Waals surface area contributed by atoms with Crippen molar-refractivity contribution >= 4 is 32.7 Å². The van der Waals surface area contributed by atoms with E-state index < -0.39 is 0 Å². The van der Waals surface area contributed by atoms with E-state index in [1.54, 1.807) is 0 Å². The Morgan fingerprint density at radius 3 is 2.05 bits per heavy atom. The van der Waals surface area contributed by atoms with Crippen molar-refractivity contribution in [1.29, 1.82) is 0 Å². The highest BCUT2D eigenvalue weighted by molar-refractivity contribution is 6.17. The number of nitrogens with zero attached hydrogens (tertiary/aromatic N) is 1. The highest BCUT2D eigenvalue weighted by atomic mass is 16.3. The average Bonchev–Trinajstić information content (AvgIpc) is 3.15. The molecule has 0 bridgehead atoms. The Morgan fingerprint density at radius 2 is 1.41 bits per heavy atom. The number of benzene rings is 3. The predicted molar refractivity (Wildman–Crippen MR) is 158 cm³/mol. The molecule has 37 heavy (non-hydrogen) atoms. The van der Waals surface area contributed by atoms with Crippen molar-refractivity contribution in [2.75, 3.05) is 0 Å². The van der Waals surface area contributed by atoms with Gasteiger partial charge in [-0.15, -0.1) is 0 Å². The van der Waals surface area contributed by atoms with Crippen LogP contribution in [0.15, 0.2) is 53.1 Å². The zero-order valence-corrected chi connectivity index (χ0v) is 23.9. The Morgan fingerprint density at radius 1 is 0.784 bits per heavy atom. The second-order valence-corrected chi connectivity index (χ2v) is 14.2. The van der Waals surface area contributed by atoms with Crippen LogP contribution in [-0.2, 0) is 18.3 Å². The van der Waals surface area contributed by atoms with E-state index in [0.717, 1.165) is 29.7 Å². The molecule has 3 aromatic carbocycles. The summed E-state index contributed by atoms with van der Waals surface area (Å²) in [6.45, 7) is 20.8. The van der Waals surface area contributed by atoms with E-state index in [1.807, 2.05) is 0 Å². The molecule has 2 aromatic heterocycles. The van der Waals surface area contributed by atoms with E-state index in [1.165, 1.54) is 54.9 Å². The maximum absolute atomic E-state index is 6.95. The summed E-state index contributed by atoms with van der Waals surface area (Å²) in [7, 11) is 0. The zero-order chi connectivity index (χ0) is 26.5. The van der Waals surface area contributed by atoms with Crippen molar-refractivity contribution in [3.8, 4) is 11.3 Å². The fourth-order valence-corrected chi connectivity index (χ4v) is 6.52. The molecule has 1 aliphatic carbocycles. The highest BCUT2D eigenvalue weighted by Crippen LogP contribution is 2.52. The summed E-state index contributed by atoms with van der Waals surface area (Å²) in [4.78, 5) is 5.15. The third-order valence-electron chi connectivity index (χ3n) is 7.98. The number of hydrogen-bond acceptors (Lipinski definition) is 2. The lowest BCUT2D eigenvalue weighted by atomic mass is 9.74. The van der Waals surface area contributed by atoms with Gasteiger partial charge in [0.15, 0.2) is 0 Å². The van der Waals surface area contributed by atoms with Crippen molar-refractivity contribution in [3.05, 3.63) is 76.5 Å². The molecule has 0 saturated carbocycles. The SMILES string of the molecule is Cc1ccc2cnc3c(c2c1)C(C)(C)c1ccc(CC(C)(C)C)c2oc4c(CC(C)(C)C)ccc-3c4c12. The van der Waals surface area contributed by atoms with E-state index in [0.29, 0.717) is 0 Å². The molecule has 0 spiro atoms. The number of fused-ring (bicyclic) bond motifs is 4. The Labute approximate surface area is 221 Å². The van der Waals surface area contributed by atoms with Crippen LogP contribution in [0.1, 0.15) is 83.2 Å². The molecule has 0 amide bonds. The van der Waals surface area contributed by atoms with Crippen LogP contribution in [0.2, 0.25) is 0 Å². The summed E-state index contributed by atoms with van der Waals surface area (Å²) in [5, 5.41) is 5.03. The molecule has 2 heteroatoms. The van der Waals surface area contributed by atoms with Crippen molar-refractivity contribution in [2.45, 2.75) is 80.6 Å². The normalized spacial score (nSPS) is 15.1. The molecule has 2 nitrogen and oxygen atoms in total. The smallest absolute Gasteiger partial charge is 0.139 e. The molecule has 0 N–H and O–H groups in total. The molecule has 0 atom stereocenters. The quantitative estimate of drug-likeness (QED) is 0.246. The third-order valence-corrected chi connectivity index (χ3v) is 7.98. The number of aryl methyl sites for hydroxylation is 1. The van der Waals surface area contributed by atoms with E-state index >= 15 is 0 Å². The summed E-state index contributed by atoms with van der Waals surface area (Å²) in [5.74, 6) is 0. The van der Waals surface area contributed by atoms with Gasteiger partial charge in [-0.1, -0.05) is 103 Å². The van der Waals surface area contributed by atoms with E-state index in [4.69, 9.17) is 9.40 Å². The Balaban J connectivity index is 1.81. The van der Waals surface area contributed by atoms with Crippen molar-refractivity contribution in [2.24, 2.45) is 10.8 Å². The molecular weight excluding hydrogens is 450 g/mol. The zero-order valence-electron chi connectivity index (χ0n) is 23.9. The maximum atomic E-state index is 6.95. The Hall–Kier alpha value is -3.13. The van der Waals surface area contributed by atoms with Crippen LogP contribution in [0.25, 0.3) is 44.0 Å². The second kappa shape index (κ2) is 7.69. The number of rotatable bonds is 2. The van der Waals surface area contributed by atoms with E-state index in [2.05, 4.69) is 111 Å². The van der Waals surface area contributed by atoms with Gasteiger partial charge in [0, 0.05) is 33.3 Å². The lowest BCUT2D eigenvalue weighted by Gasteiger charge is -2.29. The predicted octanol–water partition coefficient (Wildman–Crippen LogP) is 9.93. The van der Waals surface area contributed by atoms with Gasteiger partial charge in [-0.05, 0) is 58.2 Å². The first-order valence-corrected chi connectivity index (χ1v) is 13.7. The molecule has 190 valence electrons. The van der Waals surface area contributed by atoms with Crippen molar-refractivity contribution in [3.63, 3.8) is 0 Å². The molecule has 6 rings (SSSR count). The number of aromatic nitrogens is 1. The first-order valence-electron chi connectivity index (χ1n) is 13.7. The van der Waals surface area contributed by atoms with Gasteiger partial charge in [0.1, 0.15) is 11.2 Å². The lowest BCUT2D eigenvalue weighted by molar-refractivity contribution is 0.408. The van der Waals surface area contributed by atoms with Gasteiger partial charge < -0.3 is 4.42 Å². The van der Waals surface area contributed by atoms with Crippen LogP contribution in [0.4, 0.5) is 0 Å². The summed E-state index contributed by atoms with van der Waals surface area (Å²) < 4.78 is 6.95. The summed E-state index contributed by atoms with van der Waals surface area (Å²) in [6, 6.07) is 16.0. The Kier molecular flexibility index (Phi) is 5.04. The summed E-state index contributed by atoms with van der Waals surface area (Å²) >= 11 is 0. The first kappa shape index (κ1) is 24.2. The molecule has 0 fully saturated rings. The molecule has 0 unspecified atom stereocenters. The van der Waals surface area contributed by atoms with E-state index in [9.17, 15) is 0 Å². The summed E-state index contributed by atoms with van der Waals surface area (Å²) in [5.41, 5.74) is 11.0. The molecule has 5 aromatic rings. The monoisotopic (exact) mass is 489 g/mol. The van der Waals surface area contributed by atoms with Gasteiger partial charge in [0.25, 0.3) is 0 Å². The van der Waals surface area contributed by atoms with Gasteiger partial charge >= 0.3 is 0 Å². The van der Waals surface area contributed by atoms with Gasteiger partial charge in [-0.25, -0.2) is 0 Å². The topological polar surface area (TPSA) is 26.0 Å². The average molecular weight is 490 g/mol. The van der Waals surface area contributed by atoms with Gasteiger partial charge in [0.05, 0.1) is 5.69 Å². The largest absolute Gasteiger partial charge is 0.455 e. The first-order chi connectivity index (χ1) is 17.2. The molecule has 2 heterocycles. The van der Waals surface area contributed by atoms with Crippen LogP contribution in [0.3, 0.4) is 0 Å². The minimum atomic E-state index is -0.242. The molecule has 0 aliphatic heterocycles. The van der Waals surface area contributed by atoms with Crippen molar-refractivity contribution < 1.29 is 4.42 Å². The Bertz CT molecular complexity index is 1720. The highest BCUT2D eigenvalue weighted by Gasteiger charge is 2.37. The summed E-state index contributed by atoms with van der Waals surface area (Å²) in [6.07, 6.45) is 3.99. The number of hydrogen-bond donors (Lipinski definition) is 0. The maximum Gasteiger partial charge on any atom is 0.139 e. The number of pyridine rings is 1. The van der Waals surface area contributed by atoms with Crippen LogP contribution in [0.5, 0.6) is 0 Å². The van der Waals surface area contributed by atoms with Gasteiger partial charge in [-0.2, -0.15) is 0 Å².